The third-order valence-corrected chi connectivity index (χ3v) is 5.04. The fourth-order valence-electron chi connectivity index (χ4n) is 3.40. The van der Waals surface area contributed by atoms with Crippen LogP contribution in [-0.2, 0) is 9.53 Å². The Morgan fingerprint density at radius 2 is 2.06 bits per heavy atom. The molecule has 1 unspecified atom stereocenters. The molecule has 0 spiro atoms. The van der Waals surface area contributed by atoms with E-state index in [-0.39, 0.29) is 36.6 Å². The molecule has 2 heterocycles. The Bertz CT molecular complexity index is 1040. The summed E-state index contributed by atoms with van der Waals surface area (Å²) in [6, 6.07) is 13.7. The Balaban J connectivity index is 1.26. The quantitative estimate of drug-likeness (QED) is 0.545. The summed E-state index contributed by atoms with van der Waals surface area (Å²) in [7, 11) is 0. The molecule has 1 aromatic heterocycles. The first-order chi connectivity index (χ1) is 15.1. The zero-order valence-corrected chi connectivity index (χ0v) is 16.7. The molecule has 2 amide bonds. The van der Waals surface area contributed by atoms with Crippen molar-refractivity contribution in [2.45, 2.75) is 12.5 Å². The molecule has 0 aliphatic carbocycles. The highest BCUT2D eigenvalue weighted by Gasteiger charge is 2.25. The zero-order chi connectivity index (χ0) is 21.6. The van der Waals surface area contributed by atoms with Crippen molar-refractivity contribution in [2.75, 3.05) is 26.2 Å². The number of aromatic nitrogens is 4. The molecule has 10 nitrogen and oxygen atoms in total. The second kappa shape index (κ2) is 9.35. The minimum atomic E-state index is -0.280. The summed E-state index contributed by atoms with van der Waals surface area (Å²) < 4.78 is 5.75. The normalized spacial score (nSPS) is 16.1. The molecule has 0 bridgehead atoms. The number of H-pyrrole nitrogens is 1. The number of hydrogen-bond acceptors (Lipinski definition) is 7. The van der Waals surface area contributed by atoms with E-state index in [0.29, 0.717) is 31.1 Å². The van der Waals surface area contributed by atoms with Crippen LogP contribution in [0.2, 0.25) is 0 Å². The Labute approximate surface area is 178 Å². The lowest BCUT2D eigenvalue weighted by atomic mass is 10.1. The Kier molecular flexibility index (Phi) is 6.18. The Morgan fingerprint density at radius 1 is 1.23 bits per heavy atom. The van der Waals surface area contributed by atoms with Crippen LogP contribution in [0.3, 0.4) is 0 Å². The molecule has 3 aromatic rings. The number of carbonyl (C=O) groups excluding carboxylic acids is 2. The fraction of sp³-hybridized carbons (Fsp3) is 0.286. The molecule has 10 heteroatoms. The predicted octanol–water partition coefficient (Wildman–Crippen LogP) is 1.29. The van der Waals surface area contributed by atoms with Gasteiger partial charge in [-0.1, -0.05) is 24.3 Å². The molecule has 160 valence electrons. The van der Waals surface area contributed by atoms with Crippen LogP contribution in [0.15, 0.2) is 48.5 Å². The van der Waals surface area contributed by atoms with Crippen LogP contribution in [0.5, 0.6) is 5.75 Å². The van der Waals surface area contributed by atoms with Crippen LogP contribution < -0.4 is 5.32 Å². The van der Waals surface area contributed by atoms with Gasteiger partial charge in [-0.15, -0.1) is 10.2 Å². The largest absolute Gasteiger partial charge is 0.508 e. The van der Waals surface area contributed by atoms with E-state index in [0.717, 1.165) is 11.1 Å². The molecule has 0 radical (unpaired) electrons. The number of carbonyl (C=O) groups is 2. The third kappa shape index (κ3) is 5.04. The van der Waals surface area contributed by atoms with Crippen molar-refractivity contribution in [2.24, 2.45) is 0 Å². The average molecular weight is 422 g/mol. The first-order valence-electron chi connectivity index (χ1n) is 9.90. The number of aromatic amines is 1. The van der Waals surface area contributed by atoms with E-state index in [1.807, 2.05) is 6.07 Å². The van der Waals surface area contributed by atoms with Crippen molar-refractivity contribution in [1.29, 1.82) is 0 Å². The summed E-state index contributed by atoms with van der Waals surface area (Å²) in [5, 5.41) is 26.1. The first-order valence-corrected chi connectivity index (χ1v) is 9.90. The molecule has 31 heavy (non-hydrogen) atoms. The van der Waals surface area contributed by atoms with Crippen molar-refractivity contribution in [3.63, 3.8) is 0 Å². The standard InChI is InChI=1S/C21H22N6O4/c28-17-3-1-2-16(12-17)18-13-27(10-11-31-18)19(29)8-9-22-21(30)15-6-4-14(5-7-15)20-23-25-26-24-20/h1-7,12,18,28H,8-11,13H2,(H,22,30)(H,23,24,25,26). The average Bonchev–Trinajstić information content (AvgIpc) is 3.34. The van der Waals surface area contributed by atoms with Crippen molar-refractivity contribution in [3.8, 4) is 17.1 Å². The molecule has 1 saturated heterocycles. The topological polar surface area (TPSA) is 133 Å². The zero-order valence-electron chi connectivity index (χ0n) is 16.7. The van der Waals surface area contributed by atoms with Gasteiger partial charge in [0.25, 0.3) is 5.91 Å². The summed E-state index contributed by atoms with van der Waals surface area (Å²) in [6.07, 6.45) is -0.0866. The number of nitrogens with one attached hydrogen (secondary N) is 2. The van der Waals surface area contributed by atoms with E-state index in [4.69, 9.17) is 4.74 Å². The summed E-state index contributed by atoms with van der Waals surface area (Å²) >= 11 is 0. The highest BCUT2D eigenvalue weighted by molar-refractivity contribution is 5.94. The van der Waals surface area contributed by atoms with Gasteiger partial charge >= 0.3 is 0 Å². The van der Waals surface area contributed by atoms with Crippen LogP contribution in [0, 0.1) is 0 Å². The third-order valence-electron chi connectivity index (χ3n) is 5.04. The van der Waals surface area contributed by atoms with Crippen molar-refractivity contribution >= 4 is 11.8 Å². The Hall–Kier alpha value is -3.79. The van der Waals surface area contributed by atoms with Crippen LogP contribution in [0.25, 0.3) is 11.4 Å². The summed E-state index contributed by atoms with van der Waals surface area (Å²) in [5.41, 5.74) is 2.05. The van der Waals surface area contributed by atoms with Gasteiger partial charge in [-0.05, 0) is 35.0 Å². The molecule has 4 rings (SSSR count). The number of rotatable bonds is 6. The number of nitrogens with zero attached hydrogens (tertiary/aromatic N) is 4. The summed E-state index contributed by atoms with van der Waals surface area (Å²) in [4.78, 5) is 26.6. The minimum absolute atomic E-state index is 0.0544. The van der Waals surface area contributed by atoms with E-state index in [1.54, 1.807) is 47.4 Å². The van der Waals surface area contributed by atoms with Gasteiger partial charge in [-0.2, -0.15) is 5.21 Å². The monoisotopic (exact) mass is 422 g/mol. The molecule has 2 aromatic carbocycles. The second-order valence-corrected chi connectivity index (χ2v) is 7.11. The number of amides is 2. The summed E-state index contributed by atoms with van der Waals surface area (Å²) in [5.74, 6) is 0.304. The number of morpholine rings is 1. The molecule has 1 aliphatic heterocycles. The fourth-order valence-corrected chi connectivity index (χ4v) is 3.40. The number of hydrogen-bond donors (Lipinski definition) is 3. The minimum Gasteiger partial charge on any atom is -0.508 e. The molecular weight excluding hydrogens is 400 g/mol. The van der Waals surface area contributed by atoms with Gasteiger partial charge in [0.1, 0.15) is 11.9 Å². The van der Waals surface area contributed by atoms with E-state index in [9.17, 15) is 14.7 Å². The molecule has 1 atom stereocenters. The highest BCUT2D eigenvalue weighted by atomic mass is 16.5. The van der Waals surface area contributed by atoms with Gasteiger partial charge in [-0.3, -0.25) is 9.59 Å². The molecule has 1 fully saturated rings. The van der Waals surface area contributed by atoms with Gasteiger partial charge in [0.15, 0.2) is 0 Å². The molecular formula is C21H22N6O4. The van der Waals surface area contributed by atoms with Gasteiger partial charge in [0, 0.05) is 30.6 Å². The highest BCUT2D eigenvalue weighted by Crippen LogP contribution is 2.25. The van der Waals surface area contributed by atoms with E-state index >= 15 is 0 Å². The number of aromatic hydroxyl groups is 1. The number of benzene rings is 2. The number of phenols is 1. The van der Waals surface area contributed by atoms with Crippen LogP contribution >= 0.6 is 0 Å². The van der Waals surface area contributed by atoms with Gasteiger partial charge in [0.2, 0.25) is 11.7 Å². The van der Waals surface area contributed by atoms with Gasteiger partial charge in [-0.25, -0.2) is 0 Å². The maximum Gasteiger partial charge on any atom is 0.251 e. The number of phenolic OH excluding ortho intramolecular Hbond substituents is 1. The predicted molar refractivity (Wildman–Crippen MR) is 110 cm³/mol. The van der Waals surface area contributed by atoms with E-state index in [2.05, 4.69) is 25.9 Å². The Morgan fingerprint density at radius 3 is 2.81 bits per heavy atom. The number of ether oxygens (including phenoxy) is 1. The molecule has 1 aliphatic rings. The van der Waals surface area contributed by atoms with Crippen molar-refractivity contribution in [1.82, 2.24) is 30.8 Å². The van der Waals surface area contributed by atoms with Crippen LogP contribution in [0.1, 0.15) is 28.4 Å². The van der Waals surface area contributed by atoms with Crippen LogP contribution in [0.4, 0.5) is 0 Å². The lowest BCUT2D eigenvalue weighted by molar-refractivity contribution is -0.138. The second-order valence-electron chi connectivity index (χ2n) is 7.11. The SMILES string of the molecule is O=C(NCCC(=O)N1CCOC(c2cccc(O)c2)C1)c1ccc(-c2nn[nH]n2)cc1. The maximum atomic E-state index is 12.6. The smallest absolute Gasteiger partial charge is 0.251 e. The first kappa shape index (κ1) is 20.5. The van der Waals surface area contributed by atoms with Crippen molar-refractivity contribution < 1.29 is 19.4 Å². The number of tetrazole rings is 1. The van der Waals surface area contributed by atoms with E-state index in [1.165, 1.54) is 0 Å². The lowest BCUT2D eigenvalue weighted by Gasteiger charge is -2.33. The molecule has 3 N–H and O–H groups in total. The summed E-state index contributed by atoms with van der Waals surface area (Å²) in [6.45, 7) is 1.57. The van der Waals surface area contributed by atoms with Crippen molar-refractivity contribution in [3.05, 3.63) is 59.7 Å². The van der Waals surface area contributed by atoms with Crippen LogP contribution in [-0.4, -0.2) is 68.7 Å². The van der Waals surface area contributed by atoms with Gasteiger partial charge < -0.3 is 20.1 Å². The molecule has 0 saturated carbocycles. The lowest BCUT2D eigenvalue weighted by Crippen LogP contribution is -2.43. The maximum absolute atomic E-state index is 12.6. The van der Waals surface area contributed by atoms with E-state index < -0.39 is 0 Å². The van der Waals surface area contributed by atoms with Gasteiger partial charge in [0.05, 0.1) is 13.2 Å².